The van der Waals surface area contributed by atoms with E-state index < -0.39 is 0 Å². The van der Waals surface area contributed by atoms with Gasteiger partial charge in [-0.05, 0) is 6.54 Å². The third kappa shape index (κ3) is 5.47. The molecule has 4 nitrogen and oxygen atoms in total. The van der Waals surface area contributed by atoms with Crippen LogP contribution in [-0.2, 0) is 9.53 Å². The molecule has 0 N–H and O–H groups in total. The molecular formula is C12H26N2O2. The van der Waals surface area contributed by atoms with E-state index in [-0.39, 0.29) is 12.0 Å². The minimum Gasteiger partial charge on any atom is -0.374 e. The molecule has 0 aromatic carbocycles. The van der Waals surface area contributed by atoms with Crippen LogP contribution < -0.4 is 0 Å². The van der Waals surface area contributed by atoms with E-state index in [2.05, 4.69) is 11.8 Å². The Morgan fingerprint density at radius 2 is 2.12 bits per heavy atom. The molecule has 0 aliphatic carbocycles. The largest absolute Gasteiger partial charge is 0.374 e. The number of hydrogen-bond acceptors (Lipinski definition) is 3. The maximum atomic E-state index is 11.0. The van der Waals surface area contributed by atoms with Crippen molar-refractivity contribution < 1.29 is 9.53 Å². The Labute approximate surface area is 99.5 Å². The Kier molecular flexibility index (Phi) is 8.21. The summed E-state index contributed by atoms with van der Waals surface area (Å²) in [5, 5.41) is 0. The molecule has 1 heterocycles. The van der Waals surface area contributed by atoms with Gasteiger partial charge in [-0.25, -0.2) is 0 Å². The van der Waals surface area contributed by atoms with Crippen LogP contribution in [0.25, 0.3) is 0 Å². The maximum Gasteiger partial charge on any atom is 0.219 e. The molecule has 4 heteroatoms. The fraction of sp³-hybridized carbons (Fsp3) is 0.917. The molecule has 1 fully saturated rings. The first kappa shape index (κ1) is 15.4. The number of hydrogen-bond donors (Lipinski definition) is 0. The molecule has 0 aromatic rings. The monoisotopic (exact) mass is 230 g/mol. The Balaban J connectivity index is 0.00000106. The van der Waals surface area contributed by atoms with Crippen molar-refractivity contribution in [1.29, 1.82) is 0 Å². The highest BCUT2D eigenvalue weighted by Gasteiger charge is 2.21. The molecule has 1 aliphatic rings. The summed E-state index contributed by atoms with van der Waals surface area (Å²) in [6, 6.07) is 0. The molecule has 1 aliphatic heterocycles. The summed E-state index contributed by atoms with van der Waals surface area (Å²) in [4.78, 5) is 15.1. The van der Waals surface area contributed by atoms with Crippen LogP contribution in [0.1, 0.15) is 27.7 Å². The Morgan fingerprint density at radius 1 is 1.50 bits per heavy atom. The molecule has 96 valence electrons. The fourth-order valence-electron chi connectivity index (χ4n) is 1.61. The van der Waals surface area contributed by atoms with Gasteiger partial charge in [0.15, 0.2) is 0 Å². The third-order valence-electron chi connectivity index (χ3n) is 2.69. The van der Waals surface area contributed by atoms with Gasteiger partial charge in [0.25, 0.3) is 0 Å². The molecule has 1 saturated heterocycles. The molecule has 0 spiro atoms. The molecule has 0 aromatic heterocycles. The van der Waals surface area contributed by atoms with Gasteiger partial charge in [-0.2, -0.15) is 0 Å². The molecule has 1 unspecified atom stereocenters. The van der Waals surface area contributed by atoms with Crippen LogP contribution in [0.2, 0.25) is 0 Å². The van der Waals surface area contributed by atoms with Crippen LogP contribution in [0.3, 0.4) is 0 Å². The van der Waals surface area contributed by atoms with Gasteiger partial charge >= 0.3 is 0 Å². The molecule has 0 radical (unpaired) electrons. The lowest BCUT2D eigenvalue weighted by Crippen LogP contribution is -2.47. The number of carbonyl (C=O) groups is 1. The van der Waals surface area contributed by atoms with E-state index in [0.717, 1.165) is 26.2 Å². The first-order valence-corrected chi connectivity index (χ1v) is 6.19. The molecule has 0 saturated carbocycles. The van der Waals surface area contributed by atoms with E-state index in [9.17, 15) is 4.79 Å². The van der Waals surface area contributed by atoms with Crippen molar-refractivity contribution in [3.8, 4) is 0 Å². The Morgan fingerprint density at radius 3 is 2.62 bits per heavy atom. The van der Waals surface area contributed by atoms with Gasteiger partial charge in [0.1, 0.15) is 0 Å². The zero-order valence-electron chi connectivity index (χ0n) is 11.3. The van der Waals surface area contributed by atoms with Crippen LogP contribution in [0.15, 0.2) is 0 Å². The van der Waals surface area contributed by atoms with Crippen molar-refractivity contribution in [1.82, 2.24) is 9.80 Å². The van der Waals surface area contributed by atoms with Crippen LogP contribution in [0.5, 0.6) is 0 Å². The van der Waals surface area contributed by atoms with Crippen LogP contribution in [0, 0.1) is 0 Å². The van der Waals surface area contributed by atoms with Gasteiger partial charge in [0.2, 0.25) is 5.91 Å². The SMILES string of the molecule is CC.CCN1CCOC(CN(C)C(C)=O)C1. The summed E-state index contributed by atoms with van der Waals surface area (Å²) >= 11 is 0. The first-order chi connectivity index (χ1) is 7.63. The zero-order valence-corrected chi connectivity index (χ0v) is 11.3. The van der Waals surface area contributed by atoms with E-state index in [1.165, 1.54) is 0 Å². The van der Waals surface area contributed by atoms with E-state index in [0.29, 0.717) is 6.54 Å². The second kappa shape index (κ2) is 8.53. The molecule has 1 amide bonds. The number of nitrogens with zero attached hydrogens (tertiary/aromatic N) is 2. The number of likely N-dealkylation sites (N-methyl/N-ethyl adjacent to an activating group) is 2. The van der Waals surface area contributed by atoms with E-state index >= 15 is 0 Å². The van der Waals surface area contributed by atoms with Crippen molar-refractivity contribution >= 4 is 5.91 Å². The van der Waals surface area contributed by atoms with E-state index in [1.54, 1.807) is 11.8 Å². The lowest BCUT2D eigenvalue weighted by molar-refractivity contribution is -0.130. The highest BCUT2D eigenvalue weighted by molar-refractivity contribution is 5.72. The van der Waals surface area contributed by atoms with Gasteiger partial charge in [-0.15, -0.1) is 0 Å². The summed E-state index contributed by atoms with van der Waals surface area (Å²) in [5.74, 6) is 0.0993. The number of amides is 1. The van der Waals surface area contributed by atoms with E-state index in [4.69, 9.17) is 4.74 Å². The van der Waals surface area contributed by atoms with Crippen molar-refractivity contribution in [3.63, 3.8) is 0 Å². The first-order valence-electron chi connectivity index (χ1n) is 6.19. The van der Waals surface area contributed by atoms with Gasteiger partial charge in [-0.1, -0.05) is 20.8 Å². The smallest absolute Gasteiger partial charge is 0.219 e. The third-order valence-corrected chi connectivity index (χ3v) is 2.69. The minimum atomic E-state index is 0.0993. The molecule has 0 bridgehead atoms. The Hall–Kier alpha value is -0.610. The molecular weight excluding hydrogens is 204 g/mol. The second-order valence-electron chi connectivity index (χ2n) is 3.79. The van der Waals surface area contributed by atoms with Crippen molar-refractivity contribution in [3.05, 3.63) is 0 Å². The number of rotatable bonds is 3. The zero-order chi connectivity index (χ0) is 12.6. The minimum absolute atomic E-state index is 0.0993. The van der Waals surface area contributed by atoms with Crippen LogP contribution in [-0.4, -0.2) is 61.6 Å². The summed E-state index contributed by atoms with van der Waals surface area (Å²) in [7, 11) is 1.82. The summed E-state index contributed by atoms with van der Waals surface area (Å²) in [6.07, 6.45) is 0.178. The molecule has 1 atom stereocenters. The van der Waals surface area contributed by atoms with Crippen molar-refractivity contribution in [2.75, 3.05) is 39.8 Å². The average molecular weight is 230 g/mol. The van der Waals surface area contributed by atoms with Gasteiger partial charge < -0.3 is 9.64 Å². The number of ether oxygens (including phenoxy) is 1. The van der Waals surface area contributed by atoms with Crippen LogP contribution in [0.4, 0.5) is 0 Å². The number of morpholine rings is 1. The predicted molar refractivity (Wildman–Crippen MR) is 66.5 cm³/mol. The normalized spacial score (nSPS) is 20.9. The van der Waals surface area contributed by atoms with Crippen molar-refractivity contribution in [2.24, 2.45) is 0 Å². The van der Waals surface area contributed by atoms with Gasteiger partial charge in [-0.3, -0.25) is 9.69 Å². The van der Waals surface area contributed by atoms with Crippen LogP contribution >= 0.6 is 0 Å². The lowest BCUT2D eigenvalue weighted by atomic mass is 10.2. The predicted octanol–water partition coefficient (Wildman–Crippen LogP) is 1.21. The highest BCUT2D eigenvalue weighted by atomic mass is 16.5. The molecule has 16 heavy (non-hydrogen) atoms. The Bertz CT molecular complexity index is 197. The highest BCUT2D eigenvalue weighted by Crippen LogP contribution is 2.05. The molecule has 1 rings (SSSR count). The summed E-state index contributed by atoms with van der Waals surface area (Å²) in [5.41, 5.74) is 0. The van der Waals surface area contributed by atoms with Crippen molar-refractivity contribution in [2.45, 2.75) is 33.8 Å². The summed E-state index contributed by atoms with van der Waals surface area (Å²) < 4.78 is 5.60. The quantitative estimate of drug-likeness (QED) is 0.730. The van der Waals surface area contributed by atoms with Gasteiger partial charge in [0, 0.05) is 33.6 Å². The van der Waals surface area contributed by atoms with Gasteiger partial charge in [0.05, 0.1) is 12.7 Å². The topological polar surface area (TPSA) is 32.8 Å². The van der Waals surface area contributed by atoms with E-state index in [1.807, 2.05) is 20.9 Å². The fourth-order valence-corrected chi connectivity index (χ4v) is 1.61. The standard InChI is InChI=1S/C10H20N2O2.C2H6/c1-4-12-5-6-14-10(8-12)7-11(3)9(2)13;1-2/h10H,4-8H2,1-3H3;1-2H3. The number of carbonyl (C=O) groups excluding carboxylic acids is 1. The average Bonchev–Trinajstić information content (AvgIpc) is 2.31. The maximum absolute atomic E-state index is 11.0. The summed E-state index contributed by atoms with van der Waals surface area (Å²) in [6.45, 7) is 12.2. The second-order valence-corrected chi connectivity index (χ2v) is 3.79. The lowest BCUT2D eigenvalue weighted by Gasteiger charge is -2.33.